The average Bonchev–Trinajstić information content (AvgIpc) is 1.90. The summed E-state index contributed by atoms with van der Waals surface area (Å²) in [5.41, 5.74) is 1.17. The Kier molecular flexibility index (Phi) is 1.75. The molecule has 0 N–H and O–H groups in total. The molecule has 0 heterocycles. The summed E-state index contributed by atoms with van der Waals surface area (Å²) >= 11 is 0. The minimum atomic E-state index is 1.07. The molecule has 0 saturated heterocycles. The standard InChI is InChI=1S/C8H9/c1-2-8-6-4-3-5-7-8/h1,3,6H,4-5,7H2. The zero-order valence-electron chi connectivity index (χ0n) is 4.85. The Morgan fingerprint density at radius 1 is 1.62 bits per heavy atom. The molecule has 1 aliphatic rings. The summed E-state index contributed by atoms with van der Waals surface area (Å²) < 4.78 is 0. The molecule has 0 aromatic heterocycles. The van der Waals surface area contributed by atoms with Crippen molar-refractivity contribution in [2.75, 3.05) is 0 Å². The number of hydrogen-bond donors (Lipinski definition) is 0. The Labute approximate surface area is 50.6 Å². The second-order valence-corrected chi connectivity index (χ2v) is 1.94. The average molecular weight is 105 g/mol. The highest BCUT2D eigenvalue weighted by atomic mass is 14.0. The third-order valence-electron chi connectivity index (χ3n) is 1.33. The molecule has 0 aromatic carbocycles. The monoisotopic (exact) mass is 105 g/mol. The van der Waals surface area contributed by atoms with Gasteiger partial charge < -0.3 is 0 Å². The van der Waals surface area contributed by atoms with E-state index in [1.807, 2.05) is 0 Å². The molecule has 41 valence electrons. The fraction of sp³-hybridized carbons (Fsp3) is 0.375. The van der Waals surface area contributed by atoms with Gasteiger partial charge >= 0.3 is 0 Å². The Bertz CT molecular complexity index is 135. The largest absolute Gasteiger partial charge is 0.115 e. The van der Waals surface area contributed by atoms with Crippen LogP contribution in [0.15, 0.2) is 11.6 Å². The van der Waals surface area contributed by atoms with E-state index in [1.165, 1.54) is 5.57 Å². The highest BCUT2D eigenvalue weighted by Gasteiger charge is 1.98. The Hall–Kier alpha value is -0.700. The first-order valence-electron chi connectivity index (χ1n) is 2.91. The van der Waals surface area contributed by atoms with Crippen LogP contribution in [-0.2, 0) is 0 Å². The van der Waals surface area contributed by atoms with Crippen molar-refractivity contribution < 1.29 is 0 Å². The normalized spacial score (nSPS) is 19.1. The first-order chi connectivity index (χ1) is 3.93. The molecule has 8 heavy (non-hydrogen) atoms. The van der Waals surface area contributed by atoms with Crippen LogP contribution in [0.1, 0.15) is 19.3 Å². The molecular weight excluding hydrogens is 96.1 g/mol. The van der Waals surface area contributed by atoms with Crippen molar-refractivity contribution in [3.63, 3.8) is 0 Å². The molecule has 1 rings (SSSR count). The molecule has 0 atom stereocenters. The molecule has 1 radical (unpaired) electrons. The Morgan fingerprint density at radius 3 is 2.88 bits per heavy atom. The molecule has 1 aliphatic carbocycles. The van der Waals surface area contributed by atoms with Crippen LogP contribution >= 0.6 is 0 Å². The topological polar surface area (TPSA) is 0 Å². The smallest absolute Gasteiger partial charge is 0.00221 e. The van der Waals surface area contributed by atoms with Crippen LogP contribution in [0.5, 0.6) is 0 Å². The predicted molar refractivity (Wildman–Crippen MR) is 35.1 cm³/mol. The molecule has 0 aromatic rings. The lowest BCUT2D eigenvalue weighted by Crippen LogP contribution is -1.88. The van der Waals surface area contributed by atoms with Crippen LogP contribution in [0.2, 0.25) is 0 Å². The molecular formula is C8H9. The van der Waals surface area contributed by atoms with Crippen molar-refractivity contribution in [3.8, 4) is 12.3 Å². The first kappa shape index (κ1) is 5.44. The fourth-order valence-corrected chi connectivity index (χ4v) is 0.834. The lowest BCUT2D eigenvalue weighted by molar-refractivity contribution is 0.868. The van der Waals surface area contributed by atoms with Crippen LogP contribution in [0, 0.1) is 18.8 Å². The van der Waals surface area contributed by atoms with Gasteiger partial charge in [0.2, 0.25) is 0 Å². The van der Waals surface area contributed by atoms with E-state index in [-0.39, 0.29) is 0 Å². The third kappa shape index (κ3) is 1.13. The van der Waals surface area contributed by atoms with E-state index in [1.54, 1.807) is 0 Å². The number of rotatable bonds is 0. The van der Waals surface area contributed by atoms with Crippen molar-refractivity contribution in [3.05, 3.63) is 18.1 Å². The fourth-order valence-electron chi connectivity index (χ4n) is 0.834. The lowest BCUT2D eigenvalue weighted by atomic mass is 10.0. The highest BCUT2D eigenvalue weighted by Crippen LogP contribution is 2.14. The summed E-state index contributed by atoms with van der Waals surface area (Å²) in [4.78, 5) is 0. The van der Waals surface area contributed by atoms with Crippen LogP contribution in [0.25, 0.3) is 0 Å². The van der Waals surface area contributed by atoms with Crippen LogP contribution < -0.4 is 0 Å². The second-order valence-electron chi connectivity index (χ2n) is 1.94. The van der Waals surface area contributed by atoms with Crippen LogP contribution in [-0.4, -0.2) is 0 Å². The zero-order valence-corrected chi connectivity index (χ0v) is 4.85. The molecule has 0 saturated carbocycles. The van der Waals surface area contributed by atoms with E-state index in [2.05, 4.69) is 18.4 Å². The maximum atomic E-state index is 5.17. The minimum Gasteiger partial charge on any atom is -0.115 e. The molecule has 0 spiro atoms. The van der Waals surface area contributed by atoms with Gasteiger partial charge in [-0.25, -0.2) is 0 Å². The molecule has 0 nitrogen and oxygen atoms in total. The Morgan fingerprint density at radius 2 is 2.50 bits per heavy atom. The summed E-state index contributed by atoms with van der Waals surface area (Å²) in [5.74, 6) is 2.64. The van der Waals surface area contributed by atoms with Crippen molar-refractivity contribution in [1.29, 1.82) is 0 Å². The van der Waals surface area contributed by atoms with Crippen molar-refractivity contribution in [2.45, 2.75) is 19.3 Å². The van der Waals surface area contributed by atoms with Gasteiger partial charge in [0.15, 0.2) is 0 Å². The second kappa shape index (κ2) is 2.57. The van der Waals surface area contributed by atoms with E-state index in [9.17, 15) is 0 Å². The first-order valence-corrected chi connectivity index (χ1v) is 2.91. The van der Waals surface area contributed by atoms with Gasteiger partial charge in [-0.2, -0.15) is 0 Å². The minimum absolute atomic E-state index is 1.07. The van der Waals surface area contributed by atoms with Crippen LogP contribution in [0.4, 0.5) is 0 Å². The van der Waals surface area contributed by atoms with E-state index < -0.39 is 0 Å². The third-order valence-corrected chi connectivity index (χ3v) is 1.33. The van der Waals surface area contributed by atoms with Crippen molar-refractivity contribution in [1.82, 2.24) is 0 Å². The molecule has 0 bridgehead atoms. The van der Waals surface area contributed by atoms with E-state index in [0.717, 1.165) is 19.3 Å². The lowest BCUT2D eigenvalue weighted by Gasteiger charge is -2.04. The summed E-state index contributed by atoms with van der Waals surface area (Å²) in [6, 6.07) is 0. The quantitative estimate of drug-likeness (QED) is 0.413. The van der Waals surface area contributed by atoms with Crippen LogP contribution in [0.3, 0.4) is 0 Å². The Balaban J connectivity index is 2.53. The van der Waals surface area contributed by atoms with Gasteiger partial charge in [-0.3, -0.25) is 0 Å². The number of terminal acetylenes is 1. The number of allylic oxidation sites excluding steroid dienone is 2. The van der Waals surface area contributed by atoms with E-state index in [4.69, 9.17) is 6.42 Å². The predicted octanol–water partition coefficient (Wildman–Crippen LogP) is 1.93. The molecule has 0 unspecified atom stereocenters. The van der Waals surface area contributed by atoms with Gasteiger partial charge in [0.25, 0.3) is 0 Å². The highest BCUT2D eigenvalue weighted by molar-refractivity contribution is 5.27. The van der Waals surface area contributed by atoms with E-state index >= 15 is 0 Å². The molecule has 0 fully saturated rings. The number of hydrogen-bond acceptors (Lipinski definition) is 0. The maximum Gasteiger partial charge on any atom is -0.00221 e. The molecule has 0 aliphatic heterocycles. The maximum absolute atomic E-state index is 5.17. The molecule has 0 amide bonds. The summed E-state index contributed by atoms with van der Waals surface area (Å²) in [6.07, 6.45) is 12.8. The van der Waals surface area contributed by atoms with Gasteiger partial charge in [0.05, 0.1) is 0 Å². The summed E-state index contributed by atoms with van der Waals surface area (Å²) in [7, 11) is 0. The van der Waals surface area contributed by atoms with Gasteiger partial charge in [0.1, 0.15) is 0 Å². The van der Waals surface area contributed by atoms with Gasteiger partial charge in [-0.15, -0.1) is 6.42 Å². The van der Waals surface area contributed by atoms with Gasteiger partial charge in [-0.05, 0) is 31.3 Å². The van der Waals surface area contributed by atoms with E-state index in [0.29, 0.717) is 0 Å². The van der Waals surface area contributed by atoms with Gasteiger partial charge in [0, 0.05) is 0 Å². The SMILES string of the molecule is C#CC1=CC[CH]CC1. The summed E-state index contributed by atoms with van der Waals surface area (Å²) in [6.45, 7) is 0. The summed E-state index contributed by atoms with van der Waals surface area (Å²) in [5, 5.41) is 0. The van der Waals surface area contributed by atoms with Gasteiger partial charge in [-0.1, -0.05) is 12.0 Å². The van der Waals surface area contributed by atoms with Crippen molar-refractivity contribution >= 4 is 0 Å². The van der Waals surface area contributed by atoms with Crippen molar-refractivity contribution in [2.24, 2.45) is 0 Å². The zero-order chi connectivity index (χ0) is 5.82. The molecule has 0 heteroatoms.